The highest BCUT2D eigenvalue weighted by Crippen LogP contribution is 2.33. The van der Waals surface area contributed by atoms with E-state index in [9.17, 15) is 8.42 Å². The van der Waals surface area contributed by atoms with E-state index in [1.165, 1.54) is 0 Å². The monoisotopic (exact) mass is 311 g/mol. The third kappa shape index (κ3) is 3.56. The summed E-state index contributed by atoms with van der Waals surface area (Å²) >= 11 is 0. The second kappa shape index (κ2) is 6.34. The van der Waals surface area contributed by atoms with E-state index in [0.29, 0.717) is 24.5 Å². The van der Waals surface area contributed by atoms with Crippen LogP contribution in [0, 0.1) is 0 Å². The maximum atomic E-state index is 12.4. The van der Waals surface area contributed by atoms with Gasteiger partial charge in [-0.1, -0.05) is 32.4 Å². The third-order valence-electron chi connectivity index (χ3n) is 3.80. The smallest absolute Gasteiger partial charge is 0.242 e. The van der Waals surface area contributed by atoms with Crippen LogP contribution in [-0.4, -0.2) is 33.6 Å². The Morgan fingerprint density at radius 2 is 1.90 bits per heavy atom. The Balaban J connectivity index is 2.20. The zero-order valence-electron chi connectivity index (χ0n) is 12.8. The molecule has 1 aliphatic heterocycles. The summed E-state index contributed by atoms with van der Waals surface area (Å²) in [7, 11) is -3.46. The minimum Gasteiger partial charge on any atom is -0.367 e. The van der Waals surface area contributed by atoms with Crippen molar-refractivity contribution in [2.75, 3.05) is 24.5 Å². The van der Waals surface area contributed by atoms with Gasteiger partial charge in [0.15, 0.2) is 0 Å². The van der Waals surface area contributed by atoms with E-state index in [1.807, 2.05) is 19.1 Å². The number of nitrogens with two attached hydrogens (primary N) is 1. The predicted octanol–water partition coefficient (Wildman–Crippen LogP) is 1.69. The summed E-state index contributed by atoms with van der Waals surface area (Å²) in [6.45, 7) is 5.93. The van der Waals surface area contributed by atoms with E-state index >= 15 is 0 Å². The van der Waals surface area contributed by atoms with Crippen LogP contribution in [0.5, 0.6) is 0 Å². The van der Waals surface area contributed by atoms with Crippen LogP contribution in [0.2, 0.25) is 0 Å². The number of benzene rings is 1. The van der Waals surface area contributed by atoms with Gasteiger partial charge < -0.3 is 10.6 Å². The Labute approximate surface area is 127 Å². The maximum Gasteiger partial charge on any atom is 0.242 e. The molecule has 0 aromatic heterocycles. The normalized spacial score (nSPS) is 17.6. The van der Waals surface area contributed by atoms with Crippen LogP contribution in [0.15, 0.2) is 29.2 Å². The summed E-state index contributed by atoms with van der Waals surface area (Å²) in [6, 6.07) is 7.13. The molecule has 0 aliphatic carbocycles. The summed E-state index contributed by atoms with van der Waals surface area (Å²) in [5, 5.41) is 0. The largest absolute Gasteiger partial charge is 0.367 e. The Morgan fingerprint density at radius 3 is 2.52 bits per heavy atom. The molecule has 0 radical (unpaired) electrons. The van der Waals surface area contributed by atoms with Crippen LogP contribution in [0.3, 0.4) is 0 Å². The van der Waals surface area contributed by atoms with E-state index < -0.39 is 10.0 Å². The minimum absolute atomic E-state index is 0.178. The van der Waals surface area contributed by atoms with Crippen molar-refractivity contribution < 1.29 is 8.42 Å². The average molecular weight is 311 g/mol. The quantitative estimate of drug-likeness (QED) is 0.803. The molecule has 0 bridgehead atoms. The second-order valence-electron chi connectivity index (χ2n) is 5.83. The number of nitrogens with zero attached hydrogens (tertiary/aromatic N) is 1. The summed E-state index contributed by atoms with van der Waals surface area (Å²) < 4.78 is 27.4. The maximum absolute atomic E-state index is 12.4. The molecule has 0 amide bonds. The van der Waals surface area contributed by atoms with Gasteiger partial charge in [-0.2, -0.15) is 0 Å². The molecule has 0 unspecified atom stereocenters. The fourth-order valence-electron chi connectivity index (χ4n) is 2.80. The van der Waals surface area contributed by atoms with Crippen LogP contribution in [0.25, 0.3) is 0 Å². The van der Waals surface area contributed by atoms with E-state index in [1.54, 1.807) is 12.1 Å². The van der Waals surface area contributed by atoms with Gasteiger partial charge in [0.1, 0.15) is 4.90 Å². The Morgan fingerprint density at radius 1 is 1.24 bits per heavy atom. The number of nitrogens with one attached hydrogen (secondary N) is 1. The van der Waals surface area contributed by atoms with Gasteiger partial charge in [0, 0.05) is 19.6 Å². The highest BCUT2D eigenvalue weighted by atomic mass is 32.2. The molecule has 118 valence electrons. The van der Waals surface area contributed by atoms with Crippen molar-refractivity contribution in [3.05, 3.63) is 24.3 Å². The van der Waals surface area contributed by atoms with Crippen LogP contribution in [0.4, 0.5) is 5.69 Å². The van der Waals surface area contributed by atoms with Crippen molar-refractivity contribution in [2.24, 2.45) is 5.73 Å². The Hall–Kier alpha value is -1.11. The molecule has 0 spiro atoms. The number of para-hydroxylation sites is 1. The predicted molar refractivity (Wildman–Crippen MR) is 86.0 cm³/mol. The van der Waals surface area contributed by atoms with Crippen molar-refractivity contribution in [3.63, 3.8) is 0 Å². The zero-order valence-corrected chi connectivity index (χ0v) is 13.6. The number of anilines is 1. The number of rotatable bonds is 7. The summed E-state index contributed by atoms with van der Waals surface area (Å²) in [5.41, 5.74) is 6.84. The molecule has 1 aromatic carbocycles. The summed E-state index contributed by atoms with van der Waals surface area (Å²) in [5.74, 6) is 0. The van der Waals surface area contributed by atoms with Gasteiger partial charge in [-0.05, 0) is 25.0 Å². The van der Waals surface area contributed by atoms with Gasteiger partial charge in [-0.15, -0.1) is 0 Å². The molecule has 1 heterocycles. The molecule has 21 heavy (non-hydrogen) atoms. The van der Waals surface area contributed by atoms with Crippen LogP contribution < -0.4 is 15.4 Å². The van der Waals surface area contributed by atoms with E-state index in [-0.39, 0.29) is 5.54 Å². The van der Waals surface area contributed by atoms with Gasteiger partial charge >= 0.3 is 0 Å². The first kappa shape index (κ1) is 16.3. The molecule has 1 aromatic rings. The molecular formula is C15H25N3O2S. The van der Waals surface area contributed by atoms with Crippen LogP contribution >= 0.6 is 0 Å². The topological polar surface area (TPSA) is 75.4 Å². The van der Waals surface area contributed by atoms with Crippen molar-refractivity contribution in [1.82, 2.24) is 4.72 Å². The van der Waals surface area contributed by atoms with Crippen LogP contribution in [-0.2, 0) is 10.0 Å². The molecule has 2 rings (SSSR count). The standard InChI is InChI=1S/C15H25N3O2S/c1-3-9-15(16)11-18(12-15)13-7-5-6-8-14(13)21(19,20)17-10-4-2/h5-8,17H,3-4,9-12,16H2,1-2H3. The Kier molecular flexibility index (Phi) is 4.91. The van der Waals surface area contributed by atoms with Gasteiger partial charge in [0.05, 0.1) is 11.2 Å². The molecule has 1 aliphatic rings. The average Bonchev–Trinajstić information content (AvgIpc) is 2.43. The lowest BCUT2D eigenvalue weighted by atomic mass is 9.86. The molecule has 0 atom stereocenters. The molecule has 3 N–H and O–H groups in total. The first-order valence-corrected chi connectivity index (χ1v) is 9.03. The fourth-order valence-corrected chi connectivity index (χ4v) is 4.16. The van der Waals surface area contributed by atoms with Crippen molar-refractivity contribution >= 4 is 15.7 Å². The minimum atomic E-state index is -3.46. The van der Waals surface area contributed by atoms with Crippen molar-refractivity contribution in [2.45, 2.75) is 43.5 Å². The number of hydrogen-bond donors (Lipinski definition) is 2. The summed E-state index contributed by atoms with van der Waals surface area (Å²) in [4.78, 5) is 2.40. The molecule has 1 saturated heterocycles. The van der Waals surface area contributed by atoms with Gasteiger partial charge in [-0.25, -0.2) is 13.1 Å². The molecular weight excluding hydrogens is 286 g/mol. The zero-order chi connectivity index (χ0) is 15.5. The van der Waals surface area contributed by atoms with Gasteiger partial charge in [0.25, 0.3) is 0 Å². The molecule has 5 nitrogen and oxygen atoms in total. The first-order valence-electron chi connectivity index (χ1n) is 7.54. The van der Waals surface area contributed by atoms with Crippen molar-refractivity contribution in [1.29, 1.82) is 0 Å². The Bertz CT molecular complexity index is 580. The van der Waals surface area contributed by atoms with E-state index in [0.717, 1.165) is 24.9 Å². The number of hydrogen-bond acceptors (Lipinski definition) is 4. The number of sulfonamides is 1. The van der Waals surface area contributed by atoms with Gasteiger partial charge in [-0.3, -0.25) is 0 Å². The first-order chi connectivity index (χ1) is 9.92. The third-order valence-corrected chi connectivity index (χ3v) is 5.31. The highest BCUT2D eigenvalue weighted by molar-refractivity contribution is 7.89. The fraction of sp³-hybridized carbons (Fsp3) is 0.600. The molecule has 0 saturated carbocycles. The molecule has 1 fully saturated rings. The lowest BCUT2D eigenvalue weighted by molar-refractivity contribution is 0.306. The lowest BCUT2D eigenvalue weighted by Crippen LogP contribution is -2.67. The molecule has 6 heteroatoms. The second-order valence-corrected chi connectivity index (χ2v) is 7.57. The van der Waals surface area contributed by atoms with Crippen LogP contribution in [0.1, 0.15) is 33.1 Å². The summed E-state index contributed by atoms with van der Waals surface area (Å²) in [6.07, 6.45) is 2.78. The van der Waals surface area contributed by atoms with E-state index in [4.69, 9.17) is 5.73 Å². The lowest BCUT2D eigenvalue weighted by Gasteiger charge is -2.49. The SMILES string of the molecule is CCCNS(=O)(=O)c1ccccc1N1CC(N)(CCC)C1. The van der Waals surface area contributed by atoms with Gasteiger partial charge in [0.2, 0.25) is 10.0 Å². The van der Waals surface area contributed by atoms with E-state index in [2.05, 4.69) is 16.5 Å². The van der Waals surface area contributed by atoms with Crippen molar-refractivity contribution in [3.8, 4) is 0 Å². The highest BCUT2D eigenvalue weighted by Gasteiger charge is 2.40.